The number of fused-ring (bicyclic) bond motifs is 1. The van der Waals surface area contributed by atoms with Gasteiger partial charge in [-0.25, -0.2) is 0 Å². The predicted molar refractivity (Wildman–Crippen MR) is 81.2 cm³/mol. The Morgan fingerprint density at radius 2 is 1.80 bits per heavy atom. The molecule has 0 bridgehead atoms. The highest BCUT2D eigenvalue weighted by atomic mass is 16.7. The van der Waals surface area contributed by atoms with Crippen molar-refractivity contribution in [3.8, 4) is 11.5 Å². The summed E-state index contributed by atoms with van der Waals surface area (Å²) in [6.07, 6.45) is 0. The Bertz CT molecular complexity index is 424. The maximum atomic E-state index is 5.39. The van der Waals surface area contributed by atoms with Crippen LogP contribution in [0.25, 0.3) is 0 Å². The van der Waals surface area contributed by atoms with Gasteiger partial charge in [-0.2, -0.15) is 0 Å². The van der Waals surface area contributed by atoms with Gasteiger partial charge in [0.1, 0.15) is 0 Å². The molecular weight excluding hydrogens is 252 g/mol. The first kappa shape index (κ1) is 15.1. The molecule has 1 aromatic rings. The number of nitrogens with zero attached hydrogens (tertiary/aromatic N) is 1. The van der Waals surface area contributed by atoms with E-state index in [1.165, 1.54) is 5.56 Å². The van der Waals surface area contributed by atoms with Gasteiger partial charge >= 0.3 is 0 Å². The number of ether oxygens (including phenoxy) is 2. The largest absolute Gasteiger partial charge is 0.454 e. The van der Waals surface area contributed by atoms with Crippen molar-refractivity contribution in [2.45, 2.75) is 46.3 Å². The van der Waals surface area contributed by atoms with Crippen molar-refractivity contribution >= 4 is 0 Å². The van der Waals surface area contributed by atoms with Crippen LogP contribution in [0.2, 0.25) is 0 Å². The number of hydrogen-bond donors (Lipinski definition) is 1. The second kappa shape index (κ2) is 6.95. The lowest BCUT2D eigenvalue weighted by atomic mass is 10.2. The molecule has 2 rings (SSSR count). The smallest absolute Gasteiger partial charge is 0.231 e. The van der Waals surface area contributed by atoms with Crippen LogP contribution in [0, 0.1) is 0 Å². The van der Waals surface area contributed by atoms with Crippen LogP contribution in [0.4, 0.5) is 0 Å². The fourth-order valence-corrected chi connectivity index (χ4v) is 2.60. The van der Waals surface area contributed by atoms with Crippen molar-refractivity contribution in [2.24, 2.45) is 0 Å². The molecule has 20 heavy (non-hydrogen) atoms. The SMILES string of the molecule is CC(C)N(CCNCc1ccc2c(c1)OCO2)C(C)C. The highest BCUT2D eigenvalue weighted by molar-refractivity contribution is 5.44. The molecule has 0 saturated heterocycles. The summed E-state index contributed by atoms with van der Waals surface area (Å²) in [5.41, 5.74) is 1.23. The molecule has 1 aromatic carbocycles. The quantitative estimate of drug-likeness (QED) is 0.777. The number of hydrogen-bond acceptors (Lipinski definition) is 4. The molecule has 0 saturated carbocycles. The summed E-state index contributed by atoms with van der Waals surface area (Å²) >= 11 is 0. The van der Waals surface area contributed by atoms with Crippen LogP contribution in [0.3, 0.4) is 0 Å². The van der Waals surface area contributed by atoms with E-state index in [9.17, 15) is 0 Å². The van der Waals surface area contributed by atoms with Gasteiger partial charge in [-0.15, -0.1) is 0 Å². The molecular formula is C16H26N2O2. The highest BCUT2D eigenvalue weighted by Gasteiger charge is 2.14. The Balaban J connectivity index is 1.76. The molecule has 0 unspecified atom stereocenters. The molecule has 4 heteroatoms. The van der Waals surface area contributed by atoms with Crippen molar-refractivity contribution in [1.29, 1.82) is 0 Å². The molecule has 0 aromatic heterocycles. The van der Waals surface area contributed by atoms with Crippen LogP contribution < -0.4 is 14.8 Å². The maximum Gasteiger partial charge on any atom is 0.231 e. The third-order valence-corrected chi connectivity index (χ3v) is 3.64. The van der Waals surface area contributed by atoms with Crippen LogP contribution >= 0.6 is 0 Å². The summed E-state index contributed by atoms with van der Waals surface area (Å²) in [5.74, 6) is 1.70. The van der Waals surface area contributed by atoms with Crippen LogP contribution in [0.5, 0.6) is 11.5 Å². The number of benzene rings is 1. The zero-order valence-electron chi connectivity index (χ0n) is 13.0. The zero-order valence-corrected chi connectivity index (χ0v) is 13.0. The van der Waals surface area contributed by atoms with E-state index < -0.39 is 0 Å². The average molecular weight is 278 g/mol. The second-order valence-electron chi connectivity index (χ2n) is 5.79. The van der Waals surface area contributed by atoms with E-state index in [0.29, 0.717) is 18.9 Å². The standard InChI is InChI=1S/C16H26N2O2/c1-12(2)18(13(3)4)8-7-17-10-14-5-6-15-16(9-14)20-11-19-15/h5-6,9,12-13,17H,7-8,10-11H2,1-4H3. The van der Waals surface area contributed by atoms with Gasteiger partial charge in [0.25, 0.3) is 0 Å². The Morgan fingerprint density at radius 1 is 1.10 bits per heavy atom. The lowest BCUT2D eigenvalue weighted by molar-refractivity contribution is 0.174. The third kappa shape index (κ3) is 3.87. The second-order valence-corrected chi connectivity index (χ2v) is 5.79. The van der Waals surface area contributed by atoms with Crippen molar-refractivity contribution in [1.82, 2.24) is 10.2 Å². The Kier molecular flexibility index (Phi) is 5.26. The van der Waals surface area contributed by atoms with Crippen LogP contribution in [-0.4, -0.2) is 36.9 Å². The number of rotatable bonds is 7. The summed E-state index contributed by atoms with van der Waals surface area (Å²) in [5, 5.41) is 3.50. The highest BCUT2D eigenvalue weighted by Crippen LogP contribution is 2.32. The van der Waals surface area contributed by atoms with Gasteiger partial charge in [0.2, 0.25) is 6.79 Å². The lowest BCUT2D eigenvalue weighted by Gasteiger charge is -2.30. The maximum absolute atomic E-state index is 5.39. The molecule has 0 aliphatic carbocycles. The number of nitrogens with one attached hydrogen (secondary N) is 1. The van der Waals surface area contributed by atoms with E-state index in [2.05, 4.69) is 50.0 Å². The molecule has 0 amide bonds. The van der Waals surface area contributed by atoms with E-state index in [1.54, 1.807) is 0 Å². The monoisotopic (exact) mass is 278 g/mol. The first-order valence-electron chi connectivity index (χ1n) is 7.43. The summed E-state index contributed by atoms with van der Waals surface area (Å²) in [6.45, 7) is 12.3. The Labute approximate surface area is 122 Å². The van der Waals surface area contributed by atoms with E-state index >= 15 is 0 Å². The van der Waals surface area contributed by atoms with Gasteiger partial charge in [-0.1, -0.05) is 6.07 Å². The van der Waals surface area contributed by atoms with Gasteiger partial charge in [0.15, 0.2) is 11.5 Å². The van der Waals surface area contributed by atoms with Crippen molar-refractivity contribution in [3.05, 3.63) is 23.8 Å². The van der Waals surface area contributed by atoms with Gasteiger partial charge in [0.05, 0.1) is 0 Å². The van der Waals surface area contributed by atoms with E-state index in [0.717, 1.165) is 31.1 Å². The first-order valence-corrected chi connectivity index (χ1v) is 7.43. The molecule has 0 radical (unpaired) electrons. The molecule has 4 nitrogen and oxygen atoms in total. The normalized spacial score (nSPS) is 13.8. The first-order chi connectivity index (χ1) is 9.58. The fraction of sp³-hybridized carbons (Fsp3) is 0.625. The van der Waals surface area contributed by atoms with E-state index in [-0.39, 0.29) is 0 Å². The third-order valence-electron chi connectivity index (χ3n) is 3.64. The molecule has 1 aliphatic rings. The molecule has 0 spiro atoms. The van der Waals surface area contributed by atoms with E-state index in [4.69, 9.17) is 9.47 Å². The van der Waals surface area contributed by atoms with Gasteiger partial charge in [-0.05, 0) is 45.4 Å². The Morgan fingerprint density at radius 3 is 2.50 bits per heavy atom. The van der Waals surface area contributed by atoms with E-state index in [1.807, 2.05) is 6.07 Å². The molecule has 0 fully saturated rings. The average Bonchev–Trinajstić information content (AvgIpc) is 2.84. The minimum atomic E-state index is 0.337. The summed E-state index contributed by atoms with van der Waals surface area (Å²) in [4.78, 5) is 2.49. The summed E-state index contributed by atoms with van der Waals surface area (Å²) < 4.78 is 10.7. The zero-order chi connectivity index (χ0) is 14.5. The predicted octanol–water partition coefficient (Wildman–Crippen LogP) is 2.62. The fourth-order valence-electron chi connectivity index (χ4n) is 2.60. The minimum Gasteiger partial charge on any atom is -0.454 e. The Hall–Kier alpha value is -1.26. The molecule has 1 aliphatic heterocycles. The van der Waals surface area contributed by atoms with Crippen molar-refractivity contribution in [2.75, 3.05) is 19.9 Å². The topological polar surface area (TPSA) is 33.7 Å². The van der Waals surface area contributed by atoms with Crippen LogP contribution in [0.15, 0.2) is 18.2 Å². The van der Waals surface area contributed by atoms with Gasteiger partial charge in [0, 0.05) is 31.7 Å². The van der Waals surface area contributed by atoms with Gasteiger partial charge < -0.3 is 14.8 Å². The van der Waals surface area contributed by atoms with Crippen molar-refractivity contribution in [3.63, 3.8) is 0 Å². The summed E-state index contributed by atoms with van der Waals surface area (Å²) in [6, 6.07) is 7.29. The molecule has 1 heterocycles. The van der Waals surface area contributed by atoms with Crippen LogP contribution in [-0.2, 0) is 6.54 Å². The molecule has 112 valence electrons. The van der Waals surface area contributed by atoms with Crippen molar-refractivity contribution < 1.29 is 9.47 Å². The molecule has 1 N–H and O–H groups in total. The van der Waals surface area contributed by atoms with Crippen LogP contribution in [0.1, 0.15) is 33.3 Å². The van der Waals surface area contributed by atoms with Gasteiger partial charge in [-0.3, -0.25) is 4.90 Å². The minimum absolute atomic E-state index is 0.337. The lowest BCUT2D eigenvalue weighted by Crippen LogP contribution is -2.41. The summed E-state index contributed by atoms with van der Waals surface area (Å²) in [7, 11) is 0. The molecule has 0 atom stereocenters.